The largest absolute Gasteiger partial charge is 0.490 e. The summed E-state index contributed by atoms with van der Waals surface area (Å²) < 4.78 is 5.88. The Morgan fingerprint density at radius 2 is 2.18 bits per heavy atom. The molecular weight excluding hydrogens is 234 g/mol. The fraction of sp³-hybridized carbons (Fsp3) is 0.462. The van der Waals surface area contributed by atoms with Crippen LogP contribution in [0.3, 0.4) is 0 Å². The number of hydrogen-bond donors (Lipinski definition) is 1. The lowest BCUT2D eigenvalue weighted by Gasteiger charge is -2.22. The maximum absolute atomic E-state index is 11.5. The van der Waals surface area contributed by atoms with E-state index in [0.717, 1.165) is 30.1 Å². The van der Waals surface area contributed by atoms with E-state index in [1.165, 1.54) is 0 Å². The van der Waals surface area contributed by atoms with Gasteiger partial charge in [-0.2, -0.15) is 11.8 Å². The monoisotopic (exact) mass is 251 g/mol. The van der Waals surface area contributed by atoms with Crippen LogP contribution in [0.25, 0.3) is 0 Å². The molecule has 0 saturated carbocycles. The average Bonchev–Trinajstić information content (AvgIpc) is 2.39. The normalized spacial score (nSPS) is 16.8. The molecule has 17 heavy (non-hydrogen) atoms. The number of benzene rings is 1. The van der Waals surface area contributed by atoms with Crippen LogP contribution < -0.4 is 10.5 Å². The fourth-order valence-corrected chi connectivity index (χ4v) is 2.91. The first-order valence-corrected chi connectivity index (χ1v) is 7.03. The Bertz CT molecular complexity index is 389. The smallest absolute Gasteiger partial charge is 0.176 e. The predicted octanol–water partition coefficient (Wildman–Crippen LogP) is 2.10. The molecule has 4 heteroatoms. The Balaban J connectivity index is 2.02. The maximum Gasteiger partial charge on any atom is 0.176 e. The molecule has 92 valence electrons. The first kappa shape index (κ1) is 12.5. The van der Waals surface area contributed by atoms with Crippen molar-refractivity contribution in [3.05, 3.63) is 29.8 Å². The van der Waals surface area contributed by atoms with Gasteiger partial charge in [0.2, 0.25) is 0 Å². The Hall–Kier alpha value is -1.00. The number of ether oxygens (including phenoxy) is 1. The third-order valence-corrected chi connectivity index (χ3v) is 3.86. The van der Waals surface area contributed by atoms with Crippen LogP contribution in [-0.2, 0) is 0 Å². The van der Waals surface area contributed by atoms with Crippen LogP contribution in [0.1, 0.15) is 23.2 Å². The number of carbonyl (C=O) groups excluding carboxylic acids is 1. The summed E-state index contributed by atoms with van der Waals surface area (Å²) in [5, 5.41) is 0. The minimum Gasteiger partial charge on any atom is -0.490 e. The number of hydrogen-bond acceptors (Lipinski definition) is 4. The van der Waals surface area contributed by atoms with Gasteiger partial charge in [-0.05, 0) is 36.5 Å². The van der Waals surface area contributed by atoms with Crippen molar-refractivity contribution in [1.29, 1.82) is 0 Å². The summed E-state index contributed by atoms with van der Waals surface area (Å²) in [5.74, 6) is 3.05. The minimum atomic E-state index is -0.0466. The Morgan fingerprint density at radius 3 is 2.88 bits per heavy atom. The molecular formula is C13H17NO2S. The predicted molar refractivity (Wildman–Crippen MR) is 70.8 cm³/mol. The van der Waals surface area contributed by atoms with E-state index in [-0.39, 0.29) is 12.3 Å². The lowest BCUT2D eigenvalue weighted by molar-refractivity contribution is 0.100. The Kier molecular flexibility index (Phi) is 4.45. The highest BCUT2D eigenvalue weighted by Crippen LogP contribution is 2.23. The standard InChI is InChI=1S/C13H17NO2S/c14-9-13(15)10-2-1-3-12(8-10)16-11-4-6-17-7-5-11/h1-3,8,11H,4-7,9,14H2. The Labute approximate surface area is 106 Å². The second-order valence-corrected chi connectivity index (χ2v) is 5.31. The molecule has 0 bridgehead atoms. The molecule has 1 aromatic carbocycles. The van der Waals surface area contributed by atoms with Gasteiger partial charge in [0.05, 0.1) is 6.54 Å². The number of rotatable bonds is 4. The van der Waals surface area contributed by atoms with E-state index in [1.54, 1.807) is 12.1 Å². The van der Waals surface area contributed by atoms with E-state index in [2.05, 4.69) is 0 Å². The lowest BCUT2D eigenvalue weighted by Crippen LogP contribution is -2.22. The number of carbonyl (C=O) groups is 1. The van der Waals surface area contributed by atoms with Gasteiger partial charge in [-0.15, -0.1) is 0 Å². The average molecular weight is 251 g/mol. The molecule has 1 aliphatic rings. The molecule has 1 fully saturated rings. The summed E-state index contributed by atoms with van der Waals surface area (Å²) in [7, 11) is 0. The van der Waals surface area contributed by atoms with E-state index in [0.29, 0.717) is 11.7 Å². The zero-order valence-electron chi connectivity index (χ0n) is 9.72. The summed E-state index contributed by atoms with van der Waals surface area (Å²) in [6.07, 6.45) is 2.46. The molecule has 0 radical (unpaired) electrons. The molecule has 0 atom stereocenters. The van der Waals surface area contributed by atoms with Crippen LogP contribution in [-0.4, -0.2) is 29.9 Å². The molecule has 2 rings (SSSR count). The second kappa shape index (κ2) is 6.07. The molecule has 0 amide bonds. The van der Waals surface area contributed by atoms with E-state index in [4.69, 9.17) is 10.5 Å². The fourth-order valence-electron chi connectivity index (χ4n) is 1.85. The Morgan fingerprint density at radius 1 is 1.41 bits per heavy atom. The quantitative estimate of drug-likeness (QED) is 0.833. The van der Waals surface area contributed by atoms with E-state index in [1.807, 2.05) is 23.9 Å². The first-order valence-electron chi connectivity index (χ1n) is 5.87. The summed E-state index contributed by atoms with van der Waals surface area (Å²) in [6.45, 7) is 0.0452. The van der Waals surface area contributed by atoms with Crippen LogP contribution in [0, 0.1) is 0 Å². The number of thioether (sulfide) groups is 1. The highest BCUT2D eigenvalue weighted by Gasteiger charge is 2.15. The topological polar surface area (TPSA) is 52.3 Å². The molecule has 0 spiro atoms. The van der Waals surface area contributed by atoms with Gasteiger partial charge < -0.3 is 10.5 Å². The molecule has 1 heterocycles. The van der Waals surface area contributed by atoms with E-state index < -0.39 is 0 Å². The third kappa shape index (κ3) is 3.48. The van der Waals surface area contributed by atoms with Gasteiger partial charge >= 0.3 is 0 Å². The van der Waals surface area contributed by atoms with Crippen molar-refractivity contribution >= 4 is 17.5 Å². The maximum atomic E-state index is 11.5. The molecule has 1 saturated heterocycles. The number of Topliss-reactive ketones (excluding diaryl/α,β-unsaturated/α-hetero) is 1. The van der Waals surface area contributed by atoms with Crippen molar-refractivity contribution in [3.8, 4) is 5.75 Å². The summed E-state index contributed by atoms with van der Waals surface area (Å²) in [4.78, 5) is 11.5. The van der Waals surface area contributed by atoms with Gasteiger partial charge in [0, 0.05) is 5.56 Å². The van der Waals surface area contributed by atoms with Crippen molar-refractivity contribution in [2.45, 2.75) is 18.9 Å². The summed E-state index contributed by atoms with van der Waals surface area (Å²) in [5.41, 5.74) is 5.98. The SMILES string of the molecule is NCC(=O)c1cccc(OC2CCSCC2)c1. The zero-order valence-corrected chi connectivity index (χ0v) is 10.5. The molecule has 3 nitrogen and oxygen atoms in total. The van der Waals surface area contributed by atoms with E-state index in [9.17, 15) is 4.79 Å². The van der Waals surface area contributed by atoms with Crippen molar-refractivity contribution in [1.82, 2.24) is 0 Å². The molecule has 0 unspecified atom stereocenters. The molecule has 2 N–H and O–H groups in total. The van der Waals surface area contributed by atoms with Crippen LogP contribution in [0.2, 0.25) is 0 Å². The zero-order chi connectivity index (χ0) is 12.1. The van der Waals surface area contributed by atoms with Crippen LogP contribution >= 0.6 is 11.8 Å². The number of nitrogens with two attached hydrogens (primary N) is 1. The molecule has 1 aliphatic heterocycles. The minimum absolute atomic E-state index is 0.0452. The first-order chi connectivity index (χ1) is 8.29. The van der Waals surface area contributed by atoms with Crippen LogP contribution in [0.4, 0.5) is 0 Å². The van der Waals surface area contributed by atoms with Gasteiger partial charge in [0.25, 0.3) is 0 Å². The highest BCUT2D eigenvalue weighted by molar-refractivity contribution is 7.99. The van der Waals surface area contributed by atoms with Crippen molar-refractivity contribution < 1.29 is 9.53 Å². The lowest BCUT2D eigenvalue weighted by atomic mass is 10.1. The van der Waals surface area contributed by atoms with Crippen LogP contribution in [0.5, 0.6) is 5.75 Å². The van der Waals surface area contributed by atoms with Gasteiger partial charge in [-0.25, -0.2) is 0 Å². The highest BCUT2D eigenvalue weighted by atomic mass is 32.2. The molecule has 1 aromatic rings. The van der Waals surface area contributed by atoms with Gasteiger partial charge in [-0.1, -0.05) is 12.1 Å². The van der Waals surface area contributed by atoms with E-state index >= 15 is 0 Å². The van der Waals surface area contributed by atoms with Crippen molar-refractivity contribution in [2.24, 2.45) is 5.73 Å². The van der Waals surface area contributed by atoms with Gasteiger partial charge in [0.15, 0.2) is 5.78 Å². The number of ketones is 1. The van der Waals surface area contributed by atoms with Gasteiger partial charge in [0.1, 0.15) is 11.9 Å². The van der Waals surface area contributed by atoms with Crippen molar-refractivity contribution in [2.75, 3.05) is 18.1 Å². The second-order valence-electron chi connectivity index (χ2n) is 4.08. The summed E-state index contributed by atoms with van der Waals surface area (Å²) in [6, 6.07) is 7.31. The van der Waals surface area contributed by atoms with Crippen LogP contribution in [0.15, 0.2) is 24.3 Å². The molecule has 0 aromatic heterocycles. The molecule has 0 aliphatic carbocycles. The third-order valence-electron chi connectivity index (χ3n) is 2.81. The van der Waals surface area contributed by atoms with Crippen molar-refractivity contribution in [3.63, 3.8) is 0 Å². The van der Waals surface area contributed by atoms with Gasteiger partial charge in [-0.3, -0.25) is 4.79 Å². The summed E-state index contributed by atoms with van der Waals surface area (Å²) >= 11 is 1.97.